The molecule has 0 spiro atoms. The Morgan fingerprint density at radius 2 is 1.86 bits per heavy atom. The topological polar surface area (TPSA) is 122 Å². The maximum atomic E-state index is 13.7. The molecular weight excluding hydrogens is 505 g/mol. The van der Waals surface area contributed by atoms with Crippen molar-refractivity contribution in [3.8, 4) is 5.82 Å². The number of hydrogen-bond donors (Lipinski definition) is 2. The number of amides is 2. The van der Waals surface area contributed by atoms with E-state index >= 15 is 0 Å². The molecule has 1 aromatic carbocycles. The fraction of sp³-hybridized carbons (Fsp3) is 0.333. The SMILES string of the molecule is CNC(=O)c1ccc(-n2c(NC(C)C)nc3c(c2=O)C[C@@H](C)N(C(=O)c2ccc(Cl)c(Cl)c2)C3)nn1. The molecule has 36 heavy (non-hydrogen) atoms. The smallest absolute Gasteiger partial charge is 0.271 e. The second-order valence-electron chi connectivity index (χ2n) is 8.77. The molecule has 1 aliphatic rings. The third-order valence-corrected chi connectivity index (χ3v) is 6.54. The molecule has 1 atom stereocenters. The normalized spacial score (nSPS) is 15.0. The molecule has 0 aliphatic carbocycles. The summed E-state index contributed by atoms with van der Waals surface area (Å²) in [6.07, 6.45) is 0.305. The molecule has 12 heteroatoms. The highest BCUT2D eigenvalue weighted by Gasteiger charge is 2.32. The summed E-state index contributed by atoms with van der Waals surface area (Å²) in [7, 11) is 1.50. The minimum Gasteiger partial charge on any atom is -0.354 e. The summed E-state index contributed by atoms with van der Waals surface area (Å²) in [5, 5.41) is 14.4. The van der Waals surface area contributed by atoms with E-state index in [1.807, 2.05) is 20.8 Å². The Bertz CT molecular complexity index is 1390. The van der Waals surface area contributed by atoms with Gasteiger partial charge in [0.2, 0.25) is 5.95 Å². The van der Waals surface area contributed by atoms with Crippen LogP contribution >= 0.6 is 23.2 Å². The highest BCUT2D eigenvalue weighted by molar-refractivity contribution is 6.42. The third kappa shape index (κ3) is 4.91. The van der Waals surface area contributed by atoms with Crippen LogP contribution in [-0.4, -0.2) is 55.6 Å². The lowest BCUT2D eigenvalue weighted by atomic mass is 9.98. The van der Waals surface area contributed by atoms with E-state index in [0.717, 1.165) is 0 Å². The molecule has 0 fully saturated rings. The summed E-state index contributed by atoms with van der Waals surface area (Å²) in [6.45, 7) is 5.86. The second-order valence-corrected chi connectivity index (χ2v) is 9.59. The Morgan fingerprint density at radius 1 is 1.11 bits per heavy atom. The molecular formula is C24H25Cl2N7O3. The van der Waals surface area contributed by atoms with Gasteiger partial charge in [0.15, 0.2) is 11.5 Å². The molecule has 4 rings (SSSR count). The van der Waals surface area contributed by atoms with E-state index in [0.29, 0.717) is 33.3 Å². The van der Waals surface area contributed by atoms with Crippen molar-refractivity contribution >= 4 is 41.0 Å². The number of nitrogens with one attached hydrogen (secondary N) is 2. The molecule has 0 saturated heterocycles. The van der Waals surface area contributed by atoms with Gasteiger partial charge in [-0.1, -0.05) is 23.2 Å². The second kappa shape index (κ2) is 10.2. The number of hydrogen-bond acceptors (Lipinski definition) is 7. The Balaban J connectivity index is 1.75. The van der Waals surface area contributed by atoms with Gasteiger partial charge in [-0.15, -0.1) is 10.2 Å². The fourth-order valence-corrected chi connectivity index (χ4v) is 4.28. The van der Waals surface area contributed by atoms with Crippen LogP contribution in [0.1, 0.15) is 52.9 Å². The van der Waals surface area contributed by atoms with Crippen molar-refractivity contribution in [1.82, 2.24) is 30.0 Å². The number of aromatic nitrogens is 4. The van der Waals surface area contributed by atoms with E-state index in [2.05, 4.69) is 20.8 Å². The van der Waals surface area contributed by atoms with Crippen LogP contribution in [0.15, 0.2) is 35.1 Å². The van der Waals surface area contributed by atoms with Crippen LogP contribution in [0, 0.1) is 0 Å². The zero-order valence-electron chi connectivity index (χ0n) is 20.2. The molecule has 0 saturated carbocycles. The maximum Gasteiger partial charge on any atom is 0.271 e. The predicted octanol–water partition coefficient (Wildman–Crippen LogP) is 3.10. The van der Waals surface area contributed by atoms with Crippen molar-refractivity contribution in [2.45, 2.75) is 45.8 Å². The number of rotatable bonds is 5. The van der Waals surface area contributed by atoms with Gasteiger partial charge >= 0.3 is 0 Å². The number of halogens is 2. The number of nitrogens with zero attached hydrogens (tertiary/aromatic N) is 5. The van der Waals surface area contributed by atoms with Crippen molar-refractivity contribution in [1.29, 1.82) is 0 Å². The Kier molecular flexibility index (Phi) is 7.28. The molecule has 188 valence electrons. The average molecular weight is 530 g/mol. The van der Waals surface area contributed by atoms with Crippen molar-refractivity contribution in [2.75, 3.05) is 12.4 Å². The summed E-state index contributed by atoms with van der Waals surface area (Å²) in [5.41, 5.74) is 1.22. The number of benzene rings is 1. The average Bonchev–Trinajstić information content (AvgIpc) is 2.85. The number of anilines is 1. The quantitative estimate of drug-likeness (QED) is 0.520. The minimum absolute atomic E-state index is 0.0456. The van der Waals surface area contributed by atoms with Gasteiger partial charge in [-0.25, -0.2) is 9.55 Å². The van der Waals surface area contributed by atoms with Crippen molar-refractivity contribution in [3.63, 3.8) is 0 Å². The van der Waals surface area contributed by atoms with Gasteiger partial charge in [0.05, 0.1) is 22.3 Å². The van der Waals surface area contributed by atoms with Crippen LogP contribution in [0.3, 0.4) is 0 Å². The first kappa shape index (κ1) is 25.6. The number of carbonyl (C=O) groups excluding carboxylic acids is 2. The molecule has 2 aromatic heterocycles. The first-order valence-electron chi connectivity index (χ1n) is 11.3. The first-order valence-corrected chi connectivity index (χ1v) is 12.1. The Labute approximate surface area is 217 Å². The molecule has 0 bridgehead atoms. The lowest BCUT2D eigenvalue weighted by molar-refractivity contribution is 0.0653. The first-order chi connectivity index (χ1) is 17.1. The van der Waals surface area contributed by atoms with Gasteiger partial charge in [0.25, 0.3) is 17.4 Å². The molecule has 0 unspecified atom stereocenters. The lowest BCUT2D eigenvalue weighted by Crippen LogP contribution is -2.46. The molecule has 2 amide bonds. The zero-order valence-corrected chi connectivity index (χ0v) is 21.7. The third-order valence-electron chi connectivity index (χ3n) is 5.80. The van der Waals surface area contributed by atoms with Crippen LogP contribution in [0.2, 0.25) is 10.0 Å². The van der Waals surface area contributed by atoms with Crippen LogP contribution in [-0.2, 0) is 13.0 Å². The Morgan fingerprint density at radius 3 is 2.47 bits per heavy atom. The van der Waals surface area contributed by atoms with Gasteiger partial charge in [-0.05, 0) is 57.5 Å². The van der Waals surface area contributed by atoms with Gasteiger partial charge in [-0.3, -0.25) is 14.4 Å². The number of carbonyl (C=O) groups is 2. The lowest BCUT2D eigenvalue weighted by Gasteiger charge is -2.34. The van der Waals surface area contributed by atoms with Crippen molar-refractivity contribution in [2.24, 2.45) is 0 Å². The van der Waals surface area contributed by atoms with E-state index < -0.39 is 0 Å². The van der Waals surface area contributed by atoms with Gasteiger partial charge < -0.3 is 15.5 Å². The zero-order chi connectivity index (χ0) is 26.1. The van der Waals surface area contributed by atoms with E-state index in [-0.39, 0.29) is 53.5 Å². The summed E-state index contributed by atoms with van der Waals surface area (Å²) >= 11 is 12.1. The molecule has 0 radical (unpaired) electrons. The minimum atomic E-state index is -0.383. The van der Waals surface area contributed by atoms with Gasteiger partial charge in [0.1, 0.15) is 0 Å². The van der Waals surface area contributed by atoms with Gasteiger partial charge in [0, 0.05) is 30.3 Å². The summed E-state index contributed by atoms with van der Waals surface area (Å²) < 4.78 is 1.35. The van der Waals surface area contributed by atoms with Gasteiger partial charge in [-0.2, -0.15) is 0 Å². The molecule has 3 aromatic rings. The maximum absolute atomic E-state index is 13.7. The standard InChI is InChI=1S/C24H25Cl2N7O3/c1-12(2)28-24-29-19-11-32(22(35)14-5-6-16(25)17(26)10-14)13(3)9-15(19)23(36)33(24)20-8-7-18(30-31-20)21(34)27-4/h5-8,10,12-13H,9,11H2,1-4H3,(H,27,34)(H,28,29)/t13-/m1/s1. The largest absolute Gasteiger partial charge is 0.354 e. The van der Waals surface area contributed by atoms with Crippen LogP contribution < -0.4 is 16.2 Å². The number of fused-ring (bicyclic) bond motifs is 1. The highest BCUT2D eigenvalue weighted by atomic mass is 35.5. The van der Waals surface area contributed by atoms with Crippen molar-refractivity contribution in [3.05, 3.63) is 73.2 Å². The van der Waals surface area contributed by atoms with E-state index in [1.165, 1.54) is 23.7 Å². The molecule has 3 heterocycles. The van der Waals surface area contributed by atoms with Crippen LogP contribution in [0.4, 0.5) is 5.95 Å². The highest BCUT2D eigenvalue weighted by Crippen LogP contribution is 2.27. The monoisotopic (exact) mass is 529 g/mol. The van der Waals surface area contributed by atoms with Crippen LogP contribution in [0.25, 0.3) is 5.82 Å². The van der Waals surface area contributed by atoms with E-state index in [9.17, 15) is 14.4 Å². The van der Waals surface area contributed by atoms with E-state index in [4.69, 9.17) is 28.2 Å². The van der Waals surface area contributed by atoms with Crippen molar-refractivity contribution < 1.29 is 9.59 Å². The summed E-state index contributed by atoms with van der Waals surface area (Å²) in [6, 6.07) is 7.46. The Hall–Kier alpha value is -3.50. The molecule has 1 aliphatic heterocycles. The van der Waals surface area contributed by atoms with E-state index in [1.54, 1.807) is 23.1 Å². The summed E-state index contributed by atoms with van der Waals surface area (Å²) in [5.74, 6) is -0.113. The molecule has 10 nitrogen and oxygen atoms in total. The predicted molar refractivity (Wildman–Crippen MR) is 137 cm³/mol. The summed E-state index contributed by atoms with van der Waals surface area (Å²) in [4.78, 5) is 45.2. The van der Waals surface area contributed by atoms with Crippen LogP contribution in [0.5, 0.6) is 0 Å². The fourth-order valence-electron chi connectivity index (χ4n) is 3.99. The molecule has 2 N–H and O–H groups in total.